The summed E-state index contributed by atoms with van der Waals surface area (Å²) in [6.45, 7) is -0.894. The van der Waals surface area contributed by atoms with Crippen LogP contribution in [0.4, 0.5) is 22.0 Å². The molecular formula is C10H11ClF5NO. The Kier molecular flexibility index (Phi) is 6.34. The lowest BCUT2D eigenvalue weighted by molar-refractivity contribution is -0.253. The summed E-state index contributed by atoms with van der Waals surface area (Å²) < 4.78 is 64.9. The molecule has 0 aliphatic rings. The van der Waals surface area contributed by atoms with E-state index in [1.165, 1.54) is 12.1 Å². The van der Waals surface area contributed by atoms with Crippen molar-refractivity contribution >= 4 is 12.4 Å². The van der Waals surface area contributed by atoms with Crippen LogP contribution in [0.2, 0.25) is 0 Å². The first-order valence-corrected chi connectivity index (χ1v) is 4.63. The Bertz CT molecular complexity index is 377. The minimum Gasteiger partial charge on any atom is -0.428 e. The van der Waals surface area contributed by atoms with Crippen molar-refractivity contribution in [3.8, 4) is 5.75 Å². The molecule has 104 valence electrons. The fourth-order valence-corrected chi connectivity index (χ4v) is 1.10. The number of alkyl halides is 5. The normalized spacial score (nSPS) is 13.1. The number of halogens is 6. The molecule has 0 radical (unpaired) electrons. The van der Waals surface area contributed by atoms with Gasteiger partial charge in [-0.25, -0.2) is 4.39 Å². The van der Waals surface area contributed by atoms with Gasteiger partial charge in [0, 0.05) is 0 Å². The lowest BCUT2D eigenvalue weighted by Crippen LogP contribution is -2.33. The van der Waals surface area contributed by atoms with Gasteiger partial charge in [-0.05, 0) is 17.7 Å². The van der Waals surface area contributed by atoms with Gasteiger partial charge < -0.3 is 10.5 Å². The zero-order chi connectivity index (χ0) is 13.1. The van der Waals surface area contributed by atoms with Crippen molar-refractivity contribution in [3.63, 3.8) is 0 Å². The van der Waals surface area contributed by atoms with E-state index in [0.717, 1.165) is 12.1 Å². The summed E-state index contributed by atoms with van der Waals surface area (Å²) in [6, 6.07) is 3.71. The second-order valence-electron chi connectivity index (χ2n) is 3.30. The van der Waals surface area contributed by atoms with Crippen LogP contribution in [0.25, 0.3) is 0 Å². The lowest BCUT2D eigenvalue weighted by Gasteiger charge is -2.17. The molecule has 1 aromatic rings. The molecule has 0 saturated heterocycles. The van der Waals surface area contributed by atoms with Crippen LogP contribution in [0, 0.1) is 0 Å². The predicted molar refractivity (Wildman–Crippen MR) is 58.2 cm³/mol. The number of benzene rings is 1. The zero-order valence-electron chi connectivity index (χ0n) is 8.95. The lowest BCUT2D eigenvalue weighted by atomic mass is 10.1. The first-order valence-electron chi connectivity index (χ1n) is 4.63. The highest BCUT2D eigenvalue weighted by Gasteiger charge is 2.43. The van der Waals surface area contributed by atoms with Crippen LogP contribution in [-0.4, -0.2) is 19.2 Å². The van der Waals surface area contributed by atoms with Gasteiger partial charge in [-0.15, -0.1) is 12.4 Å². The fourth-order valence-electron chi connectivity index (χ4n) is 1.10. The van der Waals surface area contributed by atoms with E-state index in [9.17, 15) is 22.0 Å². The molecule has 0 aliphatic heterocycles. The Morgan fingerprint density at radius 2 is 1.89 bits per heavy atom. The van der Waals surface area contributed by atoms with Gasteiger partial charge in [0.2, 0.25) is 0 Å². The molecule has 0 saturated carbocycles. The second-order valence-corrected chi connectivity index (χ2v) is 3.30. The van der Waals surface area contributed by atoms with Crippen molar-refractivity contribution in [2.45, 2.75) is 18.6 Å². The average molecular weight is 292 g/mol. The standard InChI is InChI=1S/C10H10F5NO.ClH/c11-5-8(16)6-2-1-3-7(4-6)17-10(14,15)9(12)13;/h1-4,8-9H,5,16H2;1H/t8-;/m0./s1. The van der Waals surface area contributed by atoms with Crippen LogP contribution in [0.1, 0.15) is 11.6 Å². The molecule has 2 nitrogen and oxygen atoms in total. The van der Waals surface area contributed by atoms with Gasteiger partial charge in [-0.2, -0.15) is 17.6 Å². The highest BCUT2D eigenvalue weighted by atomic mass is 35.5. The van der Waals surface area contributed by atoms with E-state index in [4.69, 9.17) is 5.73 Å². The topological polar surface area (TPSA) is 35.2 Å². The number of ether oxygens (including phenoxy) is 1. The monoisotopic (exact) mass is 291 g/mol. The third kappa shape index (κ3) is 4.30. The van der Waals surface area contributed by atoms with Crippen LogP contribution in [-0.2, 0) is 0 Å². The molecule has 8 heteroatoms. The summed E-state index contributed by atoms with van der Waals surface area (Å²) in [7, 11) is 0. The van der Waals surface area contributed by atoms with E-state index >= 15 is 0 Å². The van der Waals surface area contributed by atoms with Crippen LogP contribution < -0.4 is 10.5 Å². The molecule has 0 aliphatic carbocycles. The first kappa shape index (κ1) is 16.9. The van der Waals surface area contributed by atoms with Gasteiger partial charge in [0.15, 0.2) is 0 Å². The van der Waals surface area contributed by atoms with E-state index in [-0.39, 0.29) is 18.0 Å². The quantitative estimate of drug-likeness (QED) is 0.845. The number of nitrogens with two attached hydrogens (primary N) is 1. The van der Waals surface area contributed by atoms with E-state index in [1.807, 2.05) is 0 Å². The molecule has 0 spiro atoms. The Hall–Kier alpha value is -1.08. The highest BCUT2D eigenvalue weighted by Crippen LogP contribution is 2.28. The highest BCUT2D eigenvalue weighted by molar-refractivity contribution is 5.85. The van der Waals surface area contributed by atoms with Crippen LogP contribution in [0.5, 0.6) is 5.75 Å². The van der Waals surface area contributed by atoms with Crippen LogP contribution in [0.3, 0.4) is 0 Å². The van der Waals surface area contributed by atoms with Gasteiger partial charge in [0.1, 0.15) is 12.4 Å². The Morgan fingerprint density at radius 1 is 1.28 bits per heavy atom. The summed E-state index contributed by atoms with van der Waals surface area (Å²) in [5.74, 6) is -0.489. The molecule has 0 aromatic heterocycles. The molecule has 0 heterocycles. The molecule has 1 atom stereocenters. The van der Waals surface area contributed by atoms with Crippen LogP contribution in [0.15, 0.2) is 24.3 Å². The summed E-state index contributed by atoms with van der Waals surface area (Å²) in [4.78, 5) is 0. The van der Waals surface area contributed by atoms with E-state index < -0.39 is 31.0 Å². The first-order chi connectivity index (χ1) is 7.86. The minimum absolute atomic E-state index is 0. The summed E-state index contributed by atoms with van der Waals surface area (Å²) in [5.41, 5.74) is 5.51. The molecule has 2 N–H and O–H groups in total. The van der Waals surface area contributed by atoms with Crippen molar-refractivity contribution in [1.82, 2.24) is 0 Å². The van der Waals surface area contributed by atoms with Crippen LogP contribution >= 0.6 is 12.4 Å². The van der Waals surface area contributed by atoms with Crippen molar-refractivity contribution in [1.29, 1.82) is 0 Å². The molecule has 1 aromatic carbocycles. The maximum absolute atomic E-state index is 12.6. The van der Waals surface area contributed by atoms with E-state index in [1.54, 1.807) is 0 Å². The molecule has 0 fully saturated rings. The van der Waals surface area contributed by atoms with Gasteiger partial charge in [-0.3, -0.25) is 0 Å². The molecular weight excluding hydrogens is 281 g/mol. The predicted octanol–water partition coefficient (Wildman–Crippen LogP) is 3.31. The van der Waals surface area contributed by atoms with Crippen molar-refractivity contribution in [2.75, 3.05) is 6.67 Å². The minimum atomic E-state index is -4.58. The van der Waals surface area contributed by atoms with Gasteiger partial charge in [0.05, 0.1) is 6.04 Å². The summed E-state index contributed by atoms with van der Waals surface area (Å²) in [6.07, 6.45) is -8.53. The van der Waals surface area contributed by atoms with Crippen molar-refractivity contribution in [2.24, 2.45) is 5.73 Å². The molecule has 18 heavy (non-hydrogen) atoms. The molecule has 1 rings (SSSR count). The number of rotatable bonds is 5. The Labute approximate surface area is 106 Å². The van der Waals surface area contributed by atoms with Gasteiger partial charge >= 0.3 is 12.5 Å². The number of hydrogen-bond donors (Lipinski definition) is 1. The van der Waals surface area contributed by atoms with E-state index in [2.05, 4.69) is 4.74 Å². The molecule has 0 unspecified atom stereocenters. The SMILES string of the molecule is Cl.N[C@@H](CF)c1cccc(OC(F)(F)C(F)F)c1. The molecule has 0 amide bonds. The maximum Gasteiger partial charge on any atom is 0.461 e. The Balaban J connectivity index is 0.00000289. The maximum atomic E-state index is 12.6. The third-order valence-corrected chi connectivity index (χ3v) is 1.96. The summed E-state index contributed by atoms with van der Waals surface area (Å²) >= 11 is 0. The van der Waals surface area contributed by atoms with Crippen molar-refractivity contribution in [3.05, 3.63) is 29.8 Å². The van der Waals surface area contributed by atoms with Gasteiger partial charge in [-0.1, -0.05) is 12.1 Å². The second kappa shape index (κ2) is 6.75. The zero-order valence-corrected chi connectivity index (χ0v) is 9.77. The molecule has 0 bridgehead atoms. The van der Waals surface area contributed by atoms with Gasteiger partial charge in [0.25, 0.3) is 0 Å². The third-order valence-electron chi connectivity index (χ3n) is 1.96. The Morgan fingerprint density at radius 3 is 2.39 bits per heavy atom. The van der Waals surface area contributed by atoms with Crippen molar-refractivity contribution < 1.29 is 26.7 Å². The van der Waals surface area contributed by atoms with E-state index in [0.29, 0.717) is 0 Å². The fraction of sp³-hybridized carbons (Fsp3) is 0.400. The average Bonchev–Trinajstić information content (AvgIpc) is 2.27. The summed E-state index contributed by atoms with van der Waals surface area (Å²) in [5, 5.41) is 0. The number of hydrogen-bond acceptors (Lipinski definition) is 2. The largest absolute Gasteiger partial charge is 0.461 e. The smallest absolute Gasteiger partial charge is 0.428 e.